The van der Waals surface area contributed by atoms with Gasteiger partial charge in [0.15, 0.2) is 6.61 Å². The summed E-state index contributed by atoms with van der Waals surface area (Å²) < 4.78 is 31.8. The van der Waals surface area contributed by atoms with Gasteiger partial charge in [-0.1, -0.05) is 43.3 Å². The van der Waals surface area contributed by atoms with Gasteiger partial charge in [-0.25, -0.2) is 13.1 Å². The van der Waals surface area contributed by atoms with E-state index in [9.17, 15) is 18.0 Å². The lowest BCUT2D eigenvalue weighted by Crippen LogP contribution is -2.44. The molecule has 0 aliphatic carbocycles. The topological polar surface area (TPSA) is 114 Å². The average molecular weight is 405 g/mol. The van der Waals surface area contributed by atoms with E-state index in [1.54, 1.807) is 24.3 Å². The van der Waals surface area contributed by atoms with Crippen molar-refractivity contribution >= 4 is 21.8 Å². The van der Waals surface area contributed by atoms with Crippen molar-refractivity contribution in [3.05, 3.63) is 60.2 Å². The minimum absolute atomic E-state index is 0.0979. The van der Waals surface area contributed by atoms with Crippen molar-refractivity contribution in [1.29, 1.82) is 0 Å². The second-order valence-corrected chi connectivity index (χ2v) is 7.57. The van der Waals surface area contributed by atoms with E-state index in [4.69, 9.17) is 4.74 Å². The van der Waals surface area contributed by atoms with Crippen LogP contribution in [-0.2, 0) is 26.0 Å². The van der Waals surface area contributed by atoms with Gasteiger partial charge in [-0.05, 0) is 30.2 Å². The van der Waals surface area contributed by atoms with Gasteiger partial charge in [0.05, 0.1) is 4.90 Å². The molecule has 0 bridgehead atoms. The molecule has 28 heavy (non-hydrogen) atoms. The number of amides is 2. The van der Waals surface area contributed by atoms with Gasteiger partial charge in [-0.15, -0.1) is 0 Å². The highest BCUT2D eigenvalue weighted by molar-refractivity contribution is 7.89. The molecule has 2 aromatic rings. The van der Waals surface area contributed by atoms with Crippen molar-refractivity contribution in [2.45, 2.75) is 24.7 Å². The molecule has 0 aliphatic heterocycles. The third kappa shape index (κ3) is 6.67. The van der Waals surface area contributed by atoms with E-state index in [1.807, 2.05) is 25.1 Å². The number of nitrogens with one attached hydrogen (secondary N) is 3. The lowest BCUT2D eigenvalue weighted by Gasteiger charge is -2.11. The van der Waals surface area contributed by atoms with E-state index >= 15 is 0 Å². The third-order valence-corrected chi connectivity index (χ3v) is 5.23. The Balaban J connectivity index is 1.68. The fourth-order valence-corrected chi connectivity index (χ4v) is 3.35. The van der Waals surface area contributed by atoms with Crippen LogP contribution in [0.3, 0.4) is 0 Å². The second kappa shape index (κ2) is 10.4. The van der Waals surface area contributed by atoms with Crippen molar-refractivity contribution in [3.63, 3.8) is 0 Å². The van der Waals surface area contributed by atoms with Gasteiger partial charge < -0.3 is 4.74 Å². The standard InChI is InChI=1S/C19H23N3O5S/c1-2-15-8-6-7-11-17(15)27-14-19(24)22-21-18(23)12-13-20-28(25,26)16-9-4-3-5-10-16/h3-11,20H,2,12-14H2,1H3,(H,21,23)(H,22,24). The lowest BCUT2D eigenvalue weighted by molar-refractivity contribution is -0.129. The maximum atomic E-state index is 12.0. The van der Waals surface area contributed by atoms with Crippen molar-refractivity contribution in [2.75, 3.05) is 13.2 Å². The predicted molar refractivity (Wildman–Crippen MR) is 104 cm³/mol. The molecule has 0 saturated heterocycles. The third-order valence-electron chi connectivity index (χ3n) is 3.75. The van der Waals surface area contributed by atoms with Gasteiger partial charge in [-0.3, -0.25) is 20.4 Å². The summed E-state index contributed by atoms with van der Waals surface area (Å²) in [6.45, 7) is 1.63. The summed E-state index contributed by atoms with van der Waals surface area (Å²) in [5.74, 6) is -0.441. The molecule has 0 unspecified atom stereocenters. The quantitative estimate of drug-likeness (QED) is 0.542. The highest BCUT2D eigenvalue weighted by Crippen LogP contribution is 2.17. The number of carbonyl (C=O) groups is 2. The molecule has 8 nitrogen and oxygen atoms in total. The van der Waals surface area contributed by atoms with Gasteiger partial charge in [0.25, 0.3) is 5.91 Å². The van der Waals surface area contributed by atoms with Crippen molar-refractivity contribution < 1.29 is 22.7 Å². The summed E-state index contributed by atoms with van der Waals surface area (Å²) in [7, 11) is -3.67. The Kier molecular flexibility index (Phi) is 7.97. The van der Waals surface area contributed by atoms with Gasteiger partial charge in [0.1, 0.15) is 5.75 Å². The zero-order valence-corrected chi connectivity index (χ0v) is 16.3. The Bertz CT molecular complexity index is 901. The monoisotopic (exact) mass is 405 g/mol. The van der Waals surface area contributed by atoms with E-state index in [1.165, 1.54) is 12.1 Å². The van der Waals surface area contributed by atoms with Crippen LogP contribution >= 0.6 is 0 Å². The largest absolute Gasteiger partial charge is 0.483 e. The Labute approximate surface area is 164 Å². The molecule has 0 aliphatic rings. The zero-order chi connectivity index (χ0) is 20.4. The van der Waals surface area contributed by atoms with Crippen molar-refractivity contribution in [2.24, 2.45) is 0 Å². The maximum absolute atomic E-state index is 12.0. The van der Waals surface area contributed by atoms with E-state index < -0.39 is 21.8 Å². The van der Waals surface area contributed by atoms with E-state index in [0.717, 1.165) is 12.0 Å². The molecule has 0 radical (unpaired) electrons. The molecule has 0 aromatic heterocycles. The number of rotatable bonds is 9. The highest BCUT2D eigenvalue weighted by atomic mass is 32.2. The number of aryl methyl sites for hydroxylation is 1. The number of sulfonamides is 1. The van der Waals surface area contributed by atoms with Gasteiger partial charge in [-0.2, -0.15) is 0 Å². The number of hydrazine groups is 1. The molecule has 2 rings (SSSR count). The van der Waals surface area contributed by atoms with E-state index in [2.05, 4.69) is 15.6 Å². The molecule has 0 atom stereocenters. The van der Waals surface area contributed by atoms with Crippen molar-refractivity contribution in [1.82, 2.24) is 15.6 Å². The molecule has 0 saturated carbocycles. The normalized spacial score (nSPS) is 10.9. The summed E-state index contributed by atoms with van der Waals surface area (Å²) in [5.41, 5.74) is 5.43. The van der Waals surface area contributed by atoms with Crippen LogP contribution in [0.4, 0.5) is 0 Å². The Morgan fingerprint density at radius 3 is 2.29 bits per heavy atom. The van der Waals surface area contributed by atoms with Gasteiger partial charge in [0, 0.05) is 13.0 Å². The van der Waals surface area contributed by atoms with Crippen LogP contribution in [0.2, 0.25) is 0 Å². The molecular weight excluding hydrogens is 382 g/mol. The van der Waals surface area contributed by atoms with Gasteiger partial charge >= 0.3 is 0 Å². The molecule has 0 heterocycles. The Morgan fingerprint density at radius 1 is 0.929 bits per heavy atom. The number of carbonyl (C=O) groups excluding carboxylic acids is 2. The number of benzene rings is 2. The molecule has 150 valence electrons. The summed E-state index contributed by atoms with van der Waals surface area (Å²) >= 11 is 0. The van der Waals surface area contributed by atoms with Crippen LogP contribution in [0.1, 0.15) is 18.9 Å². The van der Waals surface area contributed by atoms with Crippen LogP contribution < -0.4 is 20.3 Å². The maximum Gasteiger partial charge on any atom is 0.276 e. The molecule has 0 spiro atoms. The van der Waals surface area contributed by atoms with E-state index in [0.29, 0.717) is 5.75 Å². The van der Waals surface area contributed by atoms with Crippen LogP contribution in [-0.4, -0.2) is 33.4 Å². The molecule has 2 aromatic carbocycles. The van der Waals surface area contributed by atoms with Crippen LogP contribution in [0, 0.1) is 0 Å². The summed E-state index contributed by atoms with van der Waals surface area (Å²) in [4.78, 5) is 23.6. The highest BCUT2D eigenvalue weighted by Gasteiger charge is 2.13. The molecule has 0 fully saturated rings. The van der Waals surface area contributed by atoms with Crippen LogP contribution in [0.15, 0.2) is 59.5 Å². The number of hydrogen-bond acceptors (Lipinski definition) is 5. The Morgan fingerprint density at radius 2 is 1.57 bits per heavy atom. The smallest absolute Gasteiger partial charge is 0.276 e. The van der Waals surface area contributed by atoms with Crippen LogP contribution in [0.25, 0.3) is 0 Å². The minimum atomic E-state index is -3.67. The fourth-order valence-electron chi connectivity index (χ4n) is 2.30. The zero-order valence-electron chi connectivity index (χ0n) is 15.5. The van der Waals surface area contributed by atoms with Crippen LogP contribution in [0.5, 0.6) is 5.75 Å². The first-order valence-corrected chi connectivity index (χ1v) is 10.2. The SMILES string of the molecule is CCc1ccccc1OCC(=O)NNC(=O)CCNS(=O)(=O)c1ccccc1. The van der Waals surface area contributed by atoms with E-state index in [-0.39, 0.29) is 24.5 Å². The summed E-state index contributed by atoms with van der Waals surface area (Å²) in [5, 5.41) is 0. The number of hydrogen-bond donors (Lipinski definition) is 3. The summed E-state index contributed by atoms with van der Waals surface area (Å²) in [6.07, 6.45) is 0.638. The number of ether oxygens (including phenoxy) is 1. The predicted octanol–water partition coefficient (Wildman–Crippen LogP) is 1.14. The first kappa shape index (κ1) is 21.4. The number of para-hydroxylation sites is 1. The molecule has 2 amide bonds. The minimum Gasteiger partial charge on any atom is -0.483 e. The second-order valence-electron chi connectivity index (χ2n) is 5.81. The van der Waals surface area contributed by atoms with Gasteiger partial charge in [0.2, 0.25) is 15.9 Å². The lowest BCUT2D eigenvalue weighted by atomic mass is 10.1. The molecular formula is C19H23N3O5S. The fraction of sp³-hybridized carbons (Fsp3) is 0.263. The average Bonchev–Trinajstić information content (AvgIpc) is 2.71. The first-order chi connectivity index (χ1) is 13.4. The molecule has 3 N–H and O–H groups in total. The first-order valence-electron chi connectivity index (χ1n) is 8.75. The van der Waals surface area contributed by atoms with Crippen molar-refractivity contribution in [3.8, 4) is 5.75 Å². The molecule has 9 heteroatoms. The Hall–Kier alpha value is -2.91. The summed E-state index contributed by atoms with van der Waals surface area (Å²) in [6, 6.07) is 15.2.